The second-order valence-electron chi connectivity index (χ2n) is 1.96. The normalized spacial score (nSPS) is 13.5. The first-order valence-electron chi connectivity index (χ1n) is 3.30. The van der Waals surface area contributed by atoms with E-state index in [0.717, 1.165) is 0 Å². The minimum atomic E-state index is -0.239. The summed E-state index contributed by atoms with van der Waals surface area (Å²) in [6.45, 7) is 4.38. The van der Waals surface area contributed by atoms with Crippen LogP contribution in [0.3, 0.4) is 0 Å². The Bertz CT molecular complexity index is 132. The summed E-state index contributed by atoms with van der Waals surface area (Å²) in [7, 11) is 1.37. The van der Waals surface area contributed by atoms with Crippen molar-refractivity contribution in [3.05, 3.63) is 0 Å². The van der Waals surface area contributed by atoms with E-state index in [2.05, 4.69) is 9.73 Å². The lowest BCUT2D eigenvalue weighted by molar-refractivity contribution is -0.142. The fourth-order valence-electron chi connectivity index (χ4n) is 0.510. The smallest absolute Gasteiger partial charge is 0.313 e. The largest absolute Gasteiger partial charge is 0.469 e. The van der Waals surface area contributed by atoms with Crippen LogP contribution in [-0.2, 0) is 9.53 Å². The molecule has 0 N–H and O–H groups in total. The molecule has 10 heavy (non-hydrogen) atoms. The summed E-state index contributed by atoms with van der Waals surface area (Å²) in [5.74, 6) is -0.456. The molecule has 0 bridgehead atoms. The molecule has 0 saturated carbocycles. The number of hydrogen-bond acceptors (Lipinski definition) is 3. The van der Waals surface area contributed by atoms with Gasteiger partial charge in [-0.05, 0) is 13.8 Å². The van der Waals surface area contributed by atoms with Crippen LogP contribution < -0.4 is 0 Å². The SMILES string of the molecule is CCN=CC(C)C(=O)OC. The molecule has 0 spiro atoms. The number of carbonyl (C=O) groups excluding carboxylic acids is 1. The summed E-state index contributed by atoms with van der Waals surface area (Å²) in [5, 5.41) is 0. The molecule has 0 aromatic rings. The van der Waals surface area contributed by atoms with Gasteiger partial charge in [0, 0.05) is 12.8 Å². The quantitative estimate of drug-likeness (QED) is 0.434. The lowest BCUT2D eigenvalue weighted by atomic mass is 10.2. The van der Waals surface area contributed by atoms with Crippen LogP contribution in [-0.4, -0.2) is 25.8 Å². The van der Waals surface area contributed by atoms with Crippen LogP contribution in [0.1, 0.15) is 13.8 Å². The van der Waals surface area contributed by atoms with Crippen molar-refractivity contribution >= 4 is 12.2 Å². The predicted octanol–water partition coefficient (Wildman–Crippen LogP) is 0.886. The maximum absolute atomic E-state index is 10.7. The molecule has 58 valence electrons. The van der Waals surface area contributed by atoms with Crippen LogP contribution in [0.5, 0.6) is 0 Å². The third kappa shape index (κ3) is 3.22. The first-order chi connectivity index (χ1) is 4.72. The van der Waals surface area contributed by atoms with E-state index in [-0.39, 0.29) is 11.9 Å². The molecule has 0 amide bonds. The molecule has 3 nitrogen and oxygen atoms in total. The number of ether oxygens (including phenoxy) is 1. The summed E-state index contributed by atoms with van der Waals surface area (Å²) >= 11 is 0. The van der Waals surface area contributed by atoms with Gasteiger partial charge in [0.15, 0.2) is 0 Å². The van der Waals surface area contributed by atoms with E-state index in [1.165, 1.54) is 7.11 Å². The van der Waals surface area contributed by atoms with Crippen molar-refractivity contribution in [3.63, 3.8) is 0 Å². The molecule has 0 saturated heterocycles. The lowest BCUT2D eigenvalue weighted by Gasteiger charge is -2.00. The highest BCUT2D eigenvalue weighted by molar-refractivity contribution is 5.89. The minimum absolute atomic E-state index is 0.218. The fourth-order valence-corrected chi connectivity index (χ4v) is 0.510. The number of methoxy groups -OCH3 is 1. The van der Waals surface area contributed by atoms with Crippen molar-refractivity contribution in [2.24, 2.45) is 10.9 Å². The summed E-state index contributed by atoms with van der Waals surface area (Å²) in [4.78, 5) is 14.6. The van der Waals surface area contributed by atoms with Gasteiger partial charge in [0.05, 0.1) is 13.0 Å². The van der Waals surface area contributed by atoms with E-state index in [1.54, 1.807) is 13.1 Å². The Morgan fingerprint density at radius 3 is 2.80 bits per heavy atom. The Balaban J connectivity index is 3.72. The molecule has 0 radical (unpaired) electrons. The van der Waals surface area contributed by atoms with Gasteiger partial charge in [0.25, 0.3) is 0 Å². The molecule has 0 heterocycles. The van der Waals surface area contributed by atoms with Gasteiger partial charge in [-0.3, -0.25) is 9.79 Å². The second kappa shape index (κ2) is 4.97. The van der Waals surface area contributed by atoms with Crippen LogP contribution in [0.2, 0.25) is 0 Å². The molecule has 0 aromatic heterocycles. The van der Waals surface area contributed by atoms with Crippen LogP contribution in [0.15, 0.2) is 4.99 Å². The van der Waals surface area contributed by atoms with E-state index in [9.17, 15) is 4.79 Å². The van der Waals surface area contributed by atoms with Gasteiger partial charge in [0.1, 0.15) is 0 Å². The van der Waals surface area contributed by atoms with Crippen LogP contribution in [0, 0.1) is 5.92 Å². The molecule has 0 fully saturated rings. The molecule has 0 aliphatic heterocycles. The van der Waals surface area contributed by atoms with E-state index < -0.39 is 0 Å². The van der Waals surface area contributed by atoms with Gasteiger partial charge in [-0.15, -0.1) is 0 Å². The maximum atomic E-state index is 10.7. The van der Waals surface area contributed by atoms with Crippen molar-refractivity contribution in [3.8, 4) is 0 Å². The molecule has 3 heteroatoms. The first-order valence-corrected chi connectivity index (χ1v) is 3.30. The summed E-state index contributed by atoms with van der Waals surface area (Å²) in [6, 6.07) is 0. The Labute approximate surface area is 61.1 Å². The van der Waals surface area contributed by atoms with Crippen LogP contribution in [0.4, 0.5) is 0 Å². The van der Waals surface area contributed by atoms with Crippen molar-refractivity contribution in [1.29, 1.82) is 0 Å². The number of nitrogens with zero attached hydrogens (tertiary/aromatic N) is 1. The third-order valence-corrected chi connectivity index (χ3v) is 1.08. The van der Waals surface area contributed by atoms with E-state index in [0.29, 0.717) is 6.54 Å². The molecular formula is C7H13NO2. The van der Waals surface area contributed by atoms with Crippen molar-refractivity contribution in [1.82, 2.24) is 0 Å². The third-order valence-electron chi connectivity index (χ3n) is 1.08. The van der Waals surface area contributed by atoms with Gasteiger partial charge in [-0.2, -0.15) is 0 Å². The molecule has 0 aromatic carbocycles. The van der Waals surface area contributed by atoms with Gasteiger partial charge >= 0.3 is 5.97 Å². The van der Waals surface area contributed by atoms with Crippen molar-refractivity contribution in [2.75, 3.05) is 13.7 Å². The van der Waals surface area contributed by atoms with Gasteiger partial charge in [0.2, 0.25) is 0 Å². The Morgan fingerprint density at radius 2 is 2.40 bits per heavy atom. The zero-order valence-corrected chi connectivity index (χ0v) is 6.63. The zero-order chi connectivity index (χ0) is 7.98. The monoisotopic (exact) mass is 143 g/mol. The zero-order valence-electron chi connectivity index (χ0n) is 6.63. The highest BCUT2D eigenvalue weighted by atomic mass is 16.5. The number of hydrogen-bond donors (Lipinski definition) is 0. The van der Waals surface area contributed by atoms with E-state index >= 15 is 0 Å². The molecule has 0 rings (SSSR count). The molecular weight excluding hydrogens is 130 g/mol. The summed E-state index contributed by atoms with van der Waals surface area (Å²) < 4.78 is 4.48. The highest BCUT2D eigenvalue weighted by Crippen LogP contribution is 1.92. The number of esters is 1. The van der Waals surface area contributed by atoms with Gasteiger partial charge in [-0.25, -0.2) is 0 Å². The van der Waals surface area contributed by atoms with Crippen molar-refractivity contribution in [2.45, 2.75) is 13.8 Å². The van der Waals surface area contributed by atoms with Gasteiger partial charge < -0.3 is 4.74 Å². The number of rotatable bonds is 3. The Kier molecular flexibility index (Phi) is 4.54. The topological polar surface area (TPSA) is 38.7 Å². The minimum Gasteiger partial charge on any atom is -0.469 e. The number of aliphatic imine (C=N–C) groups is 1. The molecule has 0 aliphatic rings. The average molecular weight is 143 g/mol. The van der Waals surface area contributed by atoms with E-state index in [4.69, 9.17) is 0 Å². The predicted molar refractivity (Wildman–Crippen MR) is 40.2 cm³/mol. The Hall–Kier alpha value is -0.860. The summed E-state index contributed by atoms with van der Waals surface area (Å²) in [6.07, 6.45) is 1.60. The van der Waals surface area contributed by atoms with Crippen LogP contribution >= 0.6 is 0 Å². The standard InChI is InChI=1S/C7H13NO2/c1-4-8-5-6(2)7(9)10-3/h5-6H,4H2,1-3H3. The molecule has 1 unspecified atom stereocenters. The molecule has 1 atom stereocenters. The fraction of sp³-hybridized carbons (Fsp3) is 0.714. The molecule has 0 aliphatic carbocycles. The van der Waals surface area contributed by atoms with Crippen LogP contribution in [0.25, 0.3) is 0 Å². The Morgan fingerprint density at radius 1 is 1.80 bits per heavy atom. The average Bonchev–Trinajstić information content (AvgIpc) is 1.98. The first kappa shape index (κ1) is 9.14. The highest BCUT2D eigenvalue weighted by Gasteiger charge is 2.08. The van der Waals surface area contributed by atoms with Crippen molar-refractivity contribution < 1.29 is 9.53 Å². The van der Waals surface area contributed by atoms with E-state index in [1.807, 2.05) is 6.92 Å². The lowest BCUT2D eigenvalue weighted by Crippen LogP contribution is -2.13. The summed E-state index contributed by atoms with van der Waals surface area (Å²) in [5.41, 5.74) is 0. The second-order valence-corrected chi connectivity index (χ2v) is 1.96. The maximum Gasteiger partial charge on any atom is 0.313 e. The number of carbonyl (C=O) groups is 1. The van der Waals surface area contributed by atoms with Gasteiger partial charge in [-0.1, -0.05) is 0 Å².